The van der Waals surface area contributed by atoms with E-state index < -0.39 is 0 Å². The van der Waals surface area contributed by atoms with Crippen LogP contribution in [-0.4, -0.2) is 28.9 Å². The molecule has 0 radical (unpaired) electrons. The maximum Gasteiger partial charge on any atom is 0.231 e. The number of likely N-dealkylation sites (tertiary alicyclic amines) is 1. The van der Waals surface area contributed by atoms with Crippen molar-refractivity contribution in [1.82, 2.24) is 4.90 Å². The third-order valence-electron chi connectivity index (χ3n) is 4.99. The summed E-state index contributed by atoms with van der Waals surface area (Å²) in [7, 11) is 0. The standard InChI is InChI=1S/C16H22N2O/c1-12(13-7-5-3-4-6-8-13)18-11-15(2,17)16(9-10-16)14(18)19/h3-5,7-8,12H,6,9-11,17H2,1-2H3. The largest absolute Gasteiger partial charge is 0.334 e. The third kappa shape index (κ3) is 1.79. The van der Waals surface area contributed by atoms with Crippen molar-refractivity contribution < 1.29 is 4.79 Å². The van der Waals surface area contributed by atoms with Gasteiger partial charge in [-0.05, 0) is 38.7 Å². The minimum atomic E-state index is -0.369. The zero-order chi connectivity index (χ0) is 13.7. The molecule has 1 amide bonds. The maximum atomic E-state index is 12.7. The topological polar surface area (TPSA) is 46.3 Å². The van der Waals surface area contributed by atoms with Gasteiger partial charge in [-0.2, -0.15) is 0 Å². The second-order valence-corrected chi connectivity index (χ2v) is 6.34. The predicted octanol–water partition coefficient (Wildman–Crippen LogP) is 2.16. The van der Waals surface area contributed by atoms with Gasteiger partial charge in [0.15, 0.2) is 0 Å². The first kappa shape index (κ1) is 12.7. The van der Waals surface area contributed by atoms with E-state index in [4.69, 9.17) is 5.73 Å². The van der Waals surface area contributed by atoms with Gasteiger partial charge in [0.2, 0.25) is 5.91 Å². The number of carbonyl (C=O) groups excluding carboxylic acids is 1. The molecule has 1 spiro atoms. The van der Waals surface area contributed by atoms with E-state index in [2.05, 4.69) is 31.2 Å². The van der Waals surface area contributed by atoms with Gasteiger partial charge < -0.3 is 10.6 Å². The molecule has 2 aliphatic carbocycles. The average Bonchev–Trinajstić information content (AvgIpc) is 3.15. The fraction of sp³-hybridized carbons (Fsp3) is 0.562. The Labute approximate surface area is 114 Å². The van der Waals surface area contributed by atoms with Crippen LogP contribution in [0.4, 0.5) is 0 Å². The van der Waals surface area contributed by atoms with Gasteiger partial charge in [-0.15, -0.1) is 0 Å². The summed E-state index contributed by atoms with van der Waals surface area (Å²) in [4.78, 5) is 14.6. The molecule has 2 atom stereocenters. The van der Waals surface area contributed by atoms with Crippen LogP contribution in [0.15, 0.2) is 36.0 Å². The summed E-state index contributed by atoms with van der Waals surface area (Å²) in [5.41, 5.74) is 6.97. The summed E-state index contributed by atoms with van der Waals surface area (Å²) < 4.78 is 0. The van der Waals surface area contributed by atoms with E-state index in [0.29, 0.717) is 6.54 Å². The number of allylic oxidation sites excluding steroid dienone is 4. The molecule has 1 aliphatic heterocycles. The predicted molar refractivity (Wildman–Crippen MR) is 76.4 cm³/mol. The Bertz CT molecular complexity index is 495. The monoisotopic (exact) mass is 258 g/mol. The number of hydrogen-bond acceptors (Lipinski definition) is 2. The quantitative estimate of drug-likeness (QED) is 0.825. The van der Waals surface area contributed by atoms with E-state index in [9.17, 15) is 4.79 Å². The molecular weight excluding hydrogens is 236 g/mol. The Hall–Kier alpha value is -1.35. The molecule has 0 aromatic rings. The first-order chi connectivity index (χ1) is 8.98. The van der Waals surface area contributed by atoms with Crippen molar-refractivity contribution >= 4 is 5.91 Å². The zero-order valence-electron chi connectivity index (χ0n) is 11.7. The van der Waals surface area contributed by atoms with Crippen LogP contribution in [0.2, 0.25) is 0 Å². The molecule has 2 fully saturated rings. The van der Waals surface area contributed by atoms with Crippen molar-refractivity contribution in [3.05, 3.63) is 36.0 Å². The lowest BCUT2D eigenvalue weighted by Gasteiger charge is -2.27. The van der Waals surface area contributed by atoms with E-state index in [1.54, 1.807) is 0 Å². The Morgan fingerprint density at radius 3 is 2.74 bits per heavy atom. The lowest BCUT2D eigenvalue weighted by molar-refractivity contribution is -0.133. The zero-order valence-corrected chi connectivity index (χ0v) is 11.7. The van der Waals surface area contributed by atoms with Crippen molar-refractivity contribution in [2.75, 3.05) is 6.54 Å². The number of carbonyl (C=O) groups is 1. The SMILES string of the molecule is CC(C1=CCC=CC=C1)N1CC(C)(N)C2(CC2)C1=O. The summed E-state index contributed by atoms with van der Waals surface area (Å²) in [6.07, 6.45) is 13.4. The lowest BCUT2D eigenvalue weighted by atomic mass is 9.87. The van der Waals surface area contributed by atoms with Gasteiger partial charge in [0, 0.05) is 12.1 Å². The highest BCUT2D eigenvalue weighted by Crippen LogP contribution is 2.58. The highest BCUT2D eigenvalue weighted by atomic mass is 16.2. The van der Waals surface area contributed by atoms with Crippen LogP contribution < -0.4 is 5.73 Å². The molecule has 1 saturated carbocycles. The van der Waals surface area contributed by atoms with E-state index in [0.717, 1.165) is 19.3 Å². The van der Waals surface area contributed by atoms with Crippen molar-refractivity contribution in [2.24, 2.45) is 11.1 Å². The molecule has 1 heterocycles. The van der Waals surface area contributed by atoms with Crippen LogP contribution in [0, 0.1) is 5.41 Å². The summed E-state index contributed by atoms with van der Waals surface area (Å²) in [6.45, 7) is 4.81. The van der Waals surface area contributed by atoms with Crippen LogP contribution in [0.5, 0.6) is 0 Å². The van der Waals surface area contributed by atoms with Gasteiger partial charge in [0.25, 0.3) is 0 Å². The Kier molecular flexibility index (Phi) is 2.72. The summed E-state index contributed by atoms with van der Waals surface area (Å²) in [5.74, 6) is 0.261. The number of nitrogens with zero attached hydrogens (tertiary/aromatic N) is 1. The van der Waals surface area contributed by atoms with Gasteiger partial charge >= 0.3 is 0 Å². The van der Waals surface area contributed by atoms with Gasteiger partial charge in [-0.3, -0.25) is 4.79 Å². The Morgan fingerprint density at radius 1 is 1.37 bits per heavy atom. The van der Waals surface area contributed by atoms with Crippen LogP contribution in [0.3, 0.4) is 0 Å². The summed E-state index contributed by atoms with van der Waals surface area (Å²) >= 11 is 0. The molecule has 2 N–H and O–H groups in total. The lowest BCUT2D eigenvalue weighted by Crippen LogP contribution is -2.46. The second kappa shape index (κ2) is 4.07. The molecule has 2 unspecified atom stereocenters. The molecule has 3 rings (SSSR count). The van der Waals surface area contributed by atoms with Crippen molar-refractivity contribution in [1.29, 1.82) is 0 Å². The fourth-order valence-electron chi connectivity index (χ4n) is 3.40. The van der Waals surface area contributed by atoms with Crippen LogP contribution in [0.25, 0.3) is 0 Å². The van der Waals surface area contributed by atoms with E-state index >= 15 is 0 Å². The van der Waals surface area contributed by atoms with E-state index in [1.807, 2.05) is 17.9 Å². The van der Waals surface area contributed by atoms with Gasteiger partial charge in [0.1, 0.15) is 0 Å². The van der Waals surface area contributed by atoms with Crippen molar-refractivity contribution in [3.8, 4) is 0 Å². The smallest absolute Gasteiger partial charge is 0.231 e. The average molecular weight is 258 g/mol. The highest BCUT2D eigenvalue weighted by molar-refractivity contribution is 5.90. The minimum Gasteiger partial charge on any atom is -0.334 e. The normalized spacial score (nSPS) is 33.5. The molecule has 0 aromatic heterocycles. The molecule has 3 nitrogen and oxygen atoms in total. The second-order valence-electron chi connectivity index (χ2n) is 6.34. The van der Waals surface area contributed by atoms with Crippen LogP contribution in [-0.2, 0) is 4.79 Å². The van der Waals surface area contributed by atoms with Crippen LogP contribution in [0.1, 0.15) is 33.1 Å². The van der Waals surface area contributed by atoms with E-state index in [-0.39, 0.29) is 22.9 Å². The molecule has 3 heteroatoms. The number of nitrogens with two attached hydrogens (primary N) is 1. The molecule has 3 aliphatic rings. The first-order valence-corrected chi connectivity index (χ1v) is 7.11. The third-order valence-corrected chi connectivity index (χ3v) is 4.99. The molecule has 102 valence electrons. The molecule has 19 heavy (non-hydrogen) atoms. The molecular formula is C16H22N2O. The molecule has 0 aromatic carbocycles. The number of rotatable bonds is 2. The van der Waals surface area contributed by atoms with E-state index in [1.165, 1.54) is 5.57 Å². The Morgan fingerprint density at radius 2 is 2.11 bits per heavy atom. The van der Waals surface area contributed by atoms with Crippen molar-refractivity contribution in [2.45, 2.75) is 44.7 Å². The first-order valence-electron chi connectivity index (χ1n) is 7.11. The highest BCUT2D eigenvalue weighted by Gasteiger charge is 2.67. The summed E-state index contributed by atoms with van der Waals surface area (Å²) in [6, 6.07) is 0.117. The Balaban J connectivity index is 1.84. The van der Waals surface area contributed by atoms with Gasteiger partial charge in [-0.1, -0.05) is 30.4 Å². The fourth-order valence-corrected chi connectivity index (χ4v) is 3.40. The van der Waals surface area contributed by atoms with Gasteiger partial charge in [0.05, 0.1) is 11.5 Å². The maximum absolute atomic E-state index is 12.7. The number of hydrogen-bond donors (Lipinski definition) is 1. The number of amides is 1. The minimum absolute atomic E-state index is 0.117. The van der Waals surface area contributed by atoms with Crippen LogP contribution >= 0.6 is 0 Å². The van der Waals surface area contributed by atoms with Gasteiger partial charge in [-0.25, -0.2) is 0 Å². The summed E-state index contributed by atoms with van der Waals surface area (Å²) in [5, 5.41) is 0. The molecule has 0 bridgehead atoms. The van der Waals surface area contributed by atoms with Crippen molar-refractivity contribution in [3.63, 3.8) is 0 Å². The molecule has 1 saturated heterocycles.